The van der Waals surface area contributed by atoms with Crippen LogP contribution in [0, 0.1) is 11.6 Å². The molecule has 114 valence electrons. The van der Waals surface area contributed by atoms with Crippen LogP contribution < -0.4 is 0 Å². The Morgan fingerprint density at radius 2 is 1.38 bits per heavy atom. The molecule has 0 bridgehead atoms. The zero-order chi connectivity index (χ0) is 15.6. The third-order valence-corrected chi connectivity index (χ3v) is 3.15. The van der Waals surface area contributed by atoms with Crippen molar-refractivity contribution in [2.75, 3.05) is 28.2 Å². The Kier molecular flexibility index (Phi) is 4.75. The molecule has 1 aromatic heterocycles. The second-order valence-electron chi connectivity index (χ2n) is 5.72. The summed E-state index contributed by atoms with van der Waals surface area (Å²) in [4.78, 5) is 4.04. The molecule has 1 aromatic carbocycles. The lowest BCUT2D eigenvalue weighted by atomic mass is 10.2. The molecule has 2 rings (SSSR count). The van der Waals surface area contributed by atoms with Crippen LogP contribution in [-0.2, 0) is 13.1 Å². The second kappa shape index (κ2) is 6.37. The number of halogens is 2. The van der Waals surface area contributed by atoms with E-state index in [2.05, 4.69) is 0 Å². The number of hydrogen-bond acceptors (Lipinski definition) is 2. The van der Waals surface area contributed by atoms with Gasteiger partial charge in [0.25, 0.3) is 0 Å². The van der Waals surface area contributed by atoms with E-state index in [1.54, 1.807) is 0 Å². The second-order valence-corrected chi connectivity index (χ2v) is 5.72. The highest BCUT2D eigenvalue weighted by molar-refractivity contribution is 5.39. The molecule has 0 N–H and O–H groups in total. The summed E-state index contributed by atoms with van der Waals surface area (Å²) < 4.78 is 29.2. The predicted molar refractivity (Wildman–Crippen MR) is 80.5 cm³/mol. The van der Waals surface area contributed by atoms with E-state index < -0.39 is 11.6 Å². The number of rotatable bonds is 5. The summed E-state index contributed by atoms with van der Waals surface area (Å²) in [6.45, 7) is 1.37. The summed E-state index contributed by atoms with van der Waals surface area (Å²) in [5.41, 5.74) is 2.33. The van der Waals surface area contributed by atoms with E-state index in [9.17, 15) is 8.78 Å². The average molecular weight is 293 g/mol. The maximum Gasteiger partial charge on any atom is 0.150 e. The van der Waals surface area contributed by atoms with Crippen molar-refractivity contribution < 1.29 is 8.78 Å². The summed E-state index contributed by atoms with van der Waals surface area (Å²) in [5, 5.41) is 0. The molecule has 0 unspecified atom stereocenters. The van der Waals surface area contributed by atoms with Crippen molar-refractivity contribution in [3.63, 3.8) is 0 Å². The monoisotopic (exact) mass is 293 g/mol. The van der Waals surface area contributed by atoms with Crippen LogP contribution in [-0.4, -0.2) is 42.6 Å². The summed E-state index contributed by atoms with van der Waals surface area (Å²) in [6.07, 6.45) is 0. The van der Waals surface area contributed by atoms with Gasteiger partial charge >= 0.3 is 0 Å². The van der Waals surface area contributed by atoms with Gasteiger partial charge in [-0.1, -0.05) is 0 Å². The van der Waals surface area contributed by atoms with Crippen molar-refractivity contribution in [1.82, 2.24) is 14.4 Å². The van der Waals surface area contributed by atoms with Crippen molar-refractivity contribution in [1.29, 1.82) is 0 Å². The Morgan fingerprint density at radius 1 is 0.857 bits per heavy atom. The first-order valence-electron chi connectivity index (χ1n) is 6.83. The highest BCUT2D eigenvalue weighted by Crippen LogP contribution is 2.22. The highest BCUT2D eigenvalue weighted by Gasteiger charge is 2.15. The molecular formula is C16H21F2N3. The SMILES string of the molecule is CN(C)Cc1ccc(CN(C)C)n1-c1ccc(F)cc1F. The van der Waals surface area contributed by atoms with Crippen molar-refractivity contribution in [2.45, 2.75) is 13.1 Å². The van der Waals surface area contributed by atoms with Gasteiger partial charge in [-0.2, -0.15) is 0 Å². The molecule has 0 fully saturated rings. The molecule has 0 radical (unpaired) electrons. The minimum atomic E-state index is -0.563. The van der Waals surface area contributed by atoms with E-state index in [1.807, 2.05) is 54.7 Å². The summed E-state index contributed by atoms with van der Waals surface area (Å²) in [7, 11) is 7.85. The molecule has 1 heterocycles. The van der Waals surface area contributed by atoms with Gasteiger partial charge in [0.05, 0.1) is 5.69 Å². The van der Waals surface area contributed by atoms with E-state index in [4.69, 9.17) is 0 Å². The van der Waals surface area contributed by atoms with Crippen LogP contribution in [0.2, 0.25) is 0 Å². The van der Waals surface area contributed by atoms with Crippen molar-refractivity contribution in [2.24, 2.45) is 0 Å². The molecule has 0 atom stereocenters. The number of nitrogens with zero attached hydrogens (tertiary/aromatic N) is 3. The van der Waals surface area contributed by atoms with E-state index in [-0.39, 0.29) is 0 Å². The molecule has 0 saturated heterocycles. The first kappa shape index (κ1) is 15.7. The molecule has 2 aromatic rings. The maximum absolute atomic E-state index is 14.2. The summed E-state index contributed by atoms with van der Waals surface area (Å²) in [5.74, 6) is -1.11. The van der Waals surface area contributed by atoms with Crippen LogP contribution in [0.1, 0.15) is 11.4 Å². The summed E-state index contributed by atoms with van der Waals surface area (Å²) in [6, 6.07) is 7.68. The minimum absolute atomic E-state index is 0.384. The first-order valence-corrected chi connectivity index (χ1v) is 6.83. The smallest absolute Gasteiger partial charge is 0.150 e. The molecular weight excluding hydrogens is 272 g/mol. The lowest BCUT2D eigenvalue weighted by Crippen LogP contribution is -2.18. The van der Waals surface area contributed by atoms with Gasteiger partial charge in [0, 0.05) is 30.5 Å². The third kappa shape index (κ3) is 3.68. The molecule has 0 saturated carbocycles. The van der Waals surface area contributed by atoms with Gasteiger partial charge in [0.15, 0.2) is 0 Å². The topological polar surface area (TPSA) is 11.4 Å². The summed E-state index contributed by atoms with van der Waals surface area (Å²) >= 11 is 0. The molecule has 0 amide bonds. The molecule has 0 aliphatic heterocycles. The van der Waals surface area contributed by atoms with E-state index in [0.29, 0.717) is 18.8 Å². The molecule has 3 nitrogen and oxygen atoms in total. The van der Waals surface area contributed by atoms with E-state index in [1.165, 1.54) is 12.1 Å². The fraction of sp³-hybridized carbons (Fsp3) is 0.375. The Balaban J connectivity index is 2.54. The predicted octanol–water partition coefficient (Wildman–Crippen LogP) is 2.88. The molecule has 0 aliphatic rings. The van der Waals surface area contributed by atoms with Gasteiger partial charge in [0.1, 0.15) is 11.6 Å². The fourth-order valence-electron chi connectivity index (χ4n) is 2.39. The number of hydrogen-bond donors (Lipinski definition) is 0. The standard InChI is InChI=1S/C16H21F2N3/c1-19(2)10-13-6-7-14(11-20(3)4)21(13)16-8-5-12(17)9-15(16)18/h5-9H,10-11H2,1-4H3. The first-order chi connectivity index (χ1) is 9.88. The van der Waals surface area contributed by atoms with Gasteiger partial charge in [-0.25, -0.2) is 8.78 Å². The van der Waals surface area contributed by atoms with Gasteiger partial charge in [0.2, 0.25) is 0 Å². The zero-order valence-electron chi connectivity index (χ0n) is 12.9. The largest absolute Gasteiger partial charge is 0.313 e. The van der Waals surface area contributed by atoms with Gasteiger partial charge < -0.3 is 14.4 Å². The van der Waals surface area contributed by atoms with Crippen LogP contribution in [0.15, 0.2) is 30.3 Å². The van der Waals surface area contributed by atoms with Crippen molar-refractivity contribution in [3.8, 4) is 5.69 Å². The number of aromatic nitrogens is 1. The van der Waals surface area contributed by atoms with Crippen LogP contribution >= 0.6 is 0 Å². The van der Waals surface area contributed by atoms with Crippen molar-refractivity contribution >= 4 is 0 Å². The van der Waals surface area contributed by atoms with E-state index >= 15 is 0 Å². The molecule has 0 aliphatic carbocycles. The Hall–Kier alpha value is -1.72. The van der Waals surface area contributed by atoms with Gasteiger partial charge in [-0.15, -0.1) is 0 Å². The quantitative estimate of drug-likeness (QED) is 0.840. The third-order valence-electron chi connectivity index (χ3n) is 3.15. The van der Waals surface area contributed by atoms with Gasteiger partial charge in [-0.3, -0.25) is 0 Å². The lowest BCUT2D eigenvalue weighted by molar-refractivity contribution is 0.380. The molecule has 21 heavy (non-hydrogen) atoms. The van der Waals surface area contributed by atoms with Gasteiger partial charge in [-0.05, 0) is 52.5 Å². The lowest BCUT2D eigenvalue weighted by Gasteiger charge is -2.19. The van der Waals surface area contributed by atoms with Crippen LogP contribution in [0.25, 0.3) is 5.69 Å². The highest BCUT2D eigenvalue weighted by atomic mass is 19.1. The van der Waals surface area contributed by atoms with Crippen LogP contribution in [0.3, 0.4) is 0 Å². The molecule has 0 spiro atoms. The average Bonchev–Trinajstić information content (AvgIpc) is 2.71. The maximum atomic E-state index is 14.2. The fourth-order valence-corrected chi connectivity index (χ4v) is 2.39. The Bertz CT molecular complexity index is 590. The van der Waals surface area contributed by atoms with Crippen LogP contribution in [0.5, 0.6) is 0 Å². The van der Waals surface area contributed by atoms with E-state index in [0.717, 1.165) is 17.5 Å². The minimum Gasteiger partial charge on any atom is -0.313 e. The Labute approximate surface area is 124 Å². The van der Waals surface area contributed by atoms with Crippen LogP contribution in [0.4, 0.5) is 8.78 Å². The zero-order valence-corrected chi connectivity index (χ0v) is 12.9. The Morgan fingerprint density at radius 3 is 1.81 bits per heavy atom. The number of benzene rings is 1. The van der Waals surface area contributed by atoms with Crippen molar-refractivity contribution in [3.05, 3.63) is 53.4 Å². The normalized spacial score (nSPS) is 11.6. The molecule has 5 heteroatoms.